The van der Waals surface area contributed by atoms with Crippen LogP contribution >= 0.6 is 15.9 Å². The maximum Gasteiger partial charge on any atom is 0.336 e. The Balaban J connectivity index is 1.40. The Hall–Kier alpha value is -3.04. The molecule has 0 amide bonds. The summed E-state index contributed by atoms with van der Waals surface area (Å²) in [5, 5.41) is 3.36. The second-order valence-electron chi connectivity index (χ2n) is 9.49. The first-order valence-electron chi connectivity index (χ1n) is 12.1. The maximum absolute atomic E-state index is 13.7. The van der Waals surface area contributed by atoms with Crippen LogP contribution in [0.25, 0.3) is 0 Å². The highest BCUT2D eigenvalue weighted by molar-refractivity contribution is 9.10. The zero-order valence-corrected chi connectivity index (χ0v) is 21.4. The van der Waals surface area contributed by atoms with E-state index in [0.29, 0.717) is 47.8 Å². The molecule has 0 unspecified atom stereocenters. The predicted molar refractivity (Wildman–Crippen MR) is 131 cm³/mol. The molecule has 1 aromatic heterocycles. The minimum atomic E-state index is -0.618. The summed E-state index contributed by atoms with van der Waals surface area (Å²) in [7, 11) is 0. The average Bonchev–Trinajstić information content (AvgIpc) is 3.64. The summed E-state index contributed by atoms with van der Waals surface area (Å²) in [4.78, 5) is 27.2. The highest BCUT2D eigenvalue weighted by atomic mass is 79.9. The van der Waals surface area contributed by atoms with Gasteiger partial charge in [-0.05, 0) is 56.0 Å². The number of ketones is 1. The van der Waals surface area contributed by atoms with Crippen LogP contribution < -0.4 is 14.8 Å². The zero-order valence-electron chi connectivity index (χ0n) is 19.8. The molecule has 1 fully saturated rings. The summed E-state index contributed by atoms with van der Waals surface area (Å²) in [6, 6.07) is 7.40. The second kappa shape index (κ2) is 9.44. The molecule has 8 nitrogen and oxygen atoms in total. The van der Waals surface area contributed by atoms with Crippen molar-refractivity contribution in [2.24, 2.45) is 0 Å². The minimum Gasteiger partial charge on any atom is -0.469 e. The van der Waals surface area contributed by atoms with Gasteiger partial charge in [0.25, 0.3) is 0 Å². The number of furan rings is 1. The molecule has 3 atom stereocenters. The van der Waals surface area contributed by atoms with Gasteiger partial charge in [-0.15, -0.1) is 0 Å². The Morgan fingerprint density at radius 3 is 2.81 bits per heavy atom. The molecule has 4 heterocycles. The number of esters is 1. The zero-order chi connectivity index (χ0) is 24.8. The number of carbonyl (C=O) groups excluding carboxylic acids is 2. The lowest BCUT2D eigenvalue weighted by molar-refractivity contribution is -0.142. The maximum atomic E-state index is 13.7. The van der Waals surface area contributed by atoms with Gasteiger partial charge in [-0.25, -0.2) is 4.79 Å². The molecule has 1 N–H and O–H groups in total. The van der Waals surface area contributed by atoms with Gasteiger partial charge in [-0.3, -0.25) is 4.79 Å². The normalized spacial score (nSPS) is 25.2. The van der Waals surface area contributed by atoms with E-state index in [1.807, 2.05) is 31.2 Å². The Bertz CT molecular complexity index is 1270. The summed E-state index contributed by atoms with van der Waals surface area (Å²) in [5.74, 6) is 0.794. The van der Waals surface area contributed by atoms with Crippen molar-refractivity contribution >= 4 is 27.7 Å². The molecular weight excluding hydrogens is 530 g/mol. The Labute approximate surface area is 216 Å². The number of Topliss-reactive ketones (excluding diaryl/α,β-unsaturated/α-hetero) is 1. The van der Waals surface area contributed by atoms with Crippen molar-refractivity contribution in [2.75, 3.05) is 20.0 Å². The number of allylic oxidation sites excluding steroid dienone is 3. The van der Waals surface area contributed by atoms with E-state index in [0.717, 1.165) is 34.3 Å². The number of carbonyl (C=O) groups is 2. The summed E-state index contributed by atoms with van der Waals surface area (Å²) in [6.07, 6.45) is 4.25. The van der Waals surface area contributed by atoms with E-state index >= 15 is 0 Å². The second-order valence-corrected chi connectivity index (χ2v) is 10.3. The van der Waals surface area contributed by atoms with Gasteiger partial charge in [-0.1, -0.05) is 15.9 Å². The van der Waals surface area contributed by atoms with Gasteiger partial charge in [0.2, 0.25) is 6.79 Å². The number of nitrogens with one attached hydrogen (secondary N) is 1. The molecule has 188 valence electrons. The molecule has 3 aliphatic heterocycles. The lowest BCUT2D eigenvalue weighted by Gasteiger charge is -2.36. The smallest absolute Gasteiger partial charge is 0.336 e. The number of dihydropyridines is 1. The van der Waals surface area contributed by atoms with E-state index in [1.165, 1.54) is 0 Å². The molecule has 0 spiro atoms. The molecule has 0 saturated carbocycles. The molecule has 1 aromatic carbocycles. The third kappa shape index (κ3) is 4.14. The number of hydrogen-bond acceptors (Lipinski definition) is 8. The van der Waals surface area contributed by atoms with Gasteiger partial charge in [0.15, 0.2) is 17.3 Å². The third-order valence-corrected chi connectivity index (χ3v) is 7.91. The molecule has 6 rings (SSSR count). The van der Waals surface area contributed by atoms with Crippen LogP contribution in [0.1, 0.15) is 55.8 Å². The van der Waals surface area contributed by atoms with Crippen LogP contribution in [0, 0.1) is 0 Å². The number of halogens is 1. The van der Waals surface area contributed by atoms with E-state index in [-0.39, 0.29) is 31.2 Å². The monoisotopic (exact) mass is 555 g/mol. The van der Waals surface area contributed by atoms with E-state index in [4.69, 9.17) is 23.4 Å². The fourth-order valence-corrected chi connectivity index (χ4v) is 6.07. The molecule has 1 aliphatic carbocycles. The largest absolute Gasteiger partial charge is 0.469 e. The first-order chi connectivity index (χ1) is 17.5. The lowest BCUT2D eigenvalue weighted by atomic mass is 9.72. The van der Waals surface area contributed by atoms with E-state index in [2.05, 4.69) is 21.2 Å². The molecular formula is C27H26BrNO7. The Kier molecular flexibility index (Phi) is 6.13. The van der Waals surface area contributed by atoms with Crippen molar-refractivity contribution in [3.05, 3.63) is 68.9 Å². The number of fused-ring (bicyclic) bond motifs is 1. The molecule has 0 radical (unpaired) electrons. The van der Waals surface area contributed by atoms with Crippen LogP contribution in [0.5, 0.6) is 11.5 Å². The predicted octanol–water partition coefficient (Wildman–Crippen LogP) is 4.85. The molecule has 36 heavy (non-hydrogen) atoms. The molecule has 9 heteroatoms. The Morgan fingerprint density at radius 2 is 2.06 bits per heavy atom. The van der Waals surface area contributed by atoms with Crippen molar-refractivity contribution in [1.82, 2.24) is 5.32 Å². The van der Waals surface area contributed by atoms with Crippen molar-refractivity contribution in [2.45, 2.75) is 50.5 Å². The van der Waals surface area contributed by atoms with Crippen LogP contribution in [-0.4, -0.2) is 37.9 Å². The standard InChI is InChI=1S/C27H26BrNO7/c1-14-24(27(31)34-12-16-4-2-6-32-16)25(17-10-22-23(11-18(17)28)36-13-35-22)26-19(29-14)8-15(9-20(26)30)21-5-3-7-33-21/h3,5,7,10-11,15-16,25,29H,2,4,6,8-9,12-13H2,1H3/t15-,16-,25-/m0/s1. The SMILES string of the molecule is CC1=C(C(=O)OC[C@@H]2CCCO2)[C@H](c2cc3c(cc2Br)OCO3)C2=C(C[C@H](c3ccco3)CC2=O)N1. The van der Waals surface area contributed by atoms with E-state index in [9.17, 15) is 9.59 Å². The quantitative estimate of drug-likeness (QED) is 0.523. The third-order valence-electron chi connectivity index (χ3n) is 7.22. The topological polar surface area (TPSA) is 96.2 Å². The summed E-state index contributed by atoms with van der Waals surface area (Å²) < 4.78 is 28.9. The van der Waals surface area contributed by atoms with Crippen LogP contribution in [0.4, 0.5) is 0 Å². The fourth-order valence-electron chi connectivity index (χ4n) is 5.52. The highest BCUT2D eigenvalue weighted by Gasteiger charge is 2.43. The number of benzene rings is 1. The average molecular weight is 556 g/mol. The lowest BCUT2D eigenvalue weighted by Crippen LogP contribution is -2.36. The highest BCUT2D eigenvalue weighted by Crippen LogP contribution is 2.49. The molecule has 0 bridgehead atoms. The van der Waals surface area contributed by atoms with Crippen LogP contribution in [-0.2, 0) is 19.1 Å². The van der Waals surface area contributed by atoms with Crippen LogP contribution in [0.15, 0.2) is 62.0 Å². The van der Waals surface area contributed by atoms with Crippen LogP contribution in [0.2, 0.25) is 0 Å². The first-order valence-corrected chi connectivity index (χ1v) is 12.9. The summed E-state index contributed by atoms with van der Waals surface area (Å²) >= 11 is 3.66. The van der Waals surface area contributed by atoms with Crippen molar-refractivity contribution in [1.29, 1.82) is 0 Å². The first kappa shape index (κ1) is 23.4. The van der Waals surface area contributed by atoms with Crippen LogP contribution in [0.3, 0.4) is 0 Å². The van der Waals surface area contributed by atoms with Crippen molar-refractivity contribution in [3.63, 3.8) is 0 Å². The van der Waals surface area contributed by atoms with Gasteiger partial charge < -0.3 is 28.7 Å². The van der Waals surface area contributed by atoms with Gasteiger partial charge >= 0.3 is 5.97 Å². The van der Waals surface area contributed by atoms with Gasteiger partial charge in [0.1, 0.15) is 12.4 Å². The van der Waals surface area contributed by atoms with Crippen molar-refractivity contribution < 1.29 is 33.0 Å². The molecule has 2 aromatic rings. The van der Waals surface area contributed by atoms with E-state index in [1.54, 1.807) is 6.26 Å². The summed E-state index contributed by atoms with van der Waals surface area (Å²) in [6.45, 7) is 2.84. The molecule has 4 aliphatic rings. The Morgan fingerprint density at radius 1 is 1.22 bits per heavy atom. The van der Waals surface area contributed by atoms with Gasteiger partial charge in [-0.2, -0.15) is 0 Å². The minimum absolute atomic E-state index is 0.0309. The number of hydrogen-bond donors (Lipinski definition) is 1. The summed E-state index contributed by atoms with van der Waals surface area (Å²) in [5.41, 5.74) is 3.20. The number of ether oxygens (including phenoxy) is 4. The van der Waals surface area contributed by atoms with Gasteiger partial charge in [0.05, 0.1) is 17.9 Å². The number of rotatable bonds is 5. The fraction of sp³-hybridized carbons (Fsp3) is 0.407. The molecule has 1 saturated heterocycles. The van der Waals surface area contributed by atoms with E-state index < -0.39 is 11.9 Å². The van der Waals surface area contributed by atoms with Crippen molar-refractivity contribution in [3.8, 4) is 11.5 Å². The van der Waals surface area contributed by atoms with Gasteiger partial charge in [0, 0.05) is 46.3 Å².